The number of methoxy groups -OCH3 is 3. The quantitative estimate of drug-likeness (QED) is 0.626. The number of carbonyl (C=O) groups is 2. The van der Waals surface area contributed by atoms with E-state index in [1.165, 1.54) is 14.2 Å². The van der Waals surface area contributed by atoms with Gasteiger partial charge in [0.15, 0.2) is 0 Å². The molecule has 0 unspecified atom stereocenters. The number of rotatable bonds is 3. The van der Waals surface area contributed by atoms with Crippen molar-refractivity contribution in [2.45, 2.75) is 25.9 Å². The Hall–Kier alpha value is -2.24. The molecular formula is C16H20O6. The highest BCUT2D eigenvalue weighted by atomic mass is 16.6. The first kappa shape index (κ1) is 16.1. The average Bonchev–Trinajstić information content (AvgIpc) is 2.51. The predicted octanol–water partition coefficient (Wildman–Crippen LogP) is 1.74. The molecule has 0 saturated heterocycles. The second-order valence-corrected chi connectivity index (χ2v) is 5.65. The zero-order valence-corrected chi connectivity index (χ0v) is 13.4. The molecule has 2 rings (SSSR count). The lowest BCUT2D eigenvalue weighted by Gasteiger charge is -2.45. The van der Waals surface area contributed by atoms with Gasteiger partial charge in [-0.3, -0.25) is 9.59 Å². The highest BCUT2D eigenvalue weighted by molar-refractivity contribution is 6.02. The van der Waals surface area contributed by atoms with Crippen molar-refractivity contribution in [1.29, 1.82) is 0 Å². The first-order chi connectivity index (χ1) is 10.3. The second kappa shape index (κ2) is 5.51. The molecule has 0 atom stereocenters. The van der Waals surface area contributed by atoms with E-state index in [1.807, 2.05) is 0 Å². The van der Waals surface area contributed by atoms with Gasteiger partial charge in [0, 0.05) is 6.42 Å². The van der Waals surface area contributed by atoms with Crippen LogP contribution in [-0.4, -0.2) is 38.9 Å². The van der Waals surface area contributed by atoms with Crippen molar-refractivity contribution in [3.05, 3.63) is 23.8 Å². The number of carbonyl (C=O) groups excluding carboxylic acids is 2. The van der Waals surface area contributed by atoms with E-state index in [1.54, 1.807) is 39.2 Å². The summed E-state index contributed by atoms with van der Waals surface area (Å²) in [6, 6.07) is 5.26. The third-order valence-electron chi connectivity index (χ3n) is 4.18. The largest absolute Gasteiger partial charge is 0.497 e. The van der Waals surface area contributed by atoms with E-state index in [2.05, 4.69) is 0 Å². The average molecular weight is 308 g/mol. The molecule has 1 aromatic rings. The van der Waals surface area contributed by atoms with Crippen molar-refractivity contribution in [2.75, 3.05) is 21.3 Å². The van der Waals surface area contributed by atoms with Gasteiger partial charge in [0.2, 0.25) is 5.41 Å². The molecule has 22 heavy (non-hydrogen) atoms. The fourth-order valence-electron chi connectivity index (χ4n) is 2.85. The molecule has 1 aliphatic rings. The van der Waals surface area contributed by atoms with Gasteiger partial charge in [-0.15, -0.1) is 0 Å². The van der Waals surface area contributed by atoms with E-state index in [9.17, 15) is 9.59 Å². The lowest BCUT2D eigenvalue weighted by Crippen LogP contribution is -2.61. The molecule has 6 heteroatoms. The maximum atomic E-state index is 12.4. The first-order valence-corrected chi connectivity index (χ1v) is 6.85. The highest BCUT2D eigenvalue weighted by Crippen LogP contribution is 2.47. The van der Waals surface area contributed by atoms with Crippen LogP contribution in [0, 0.1) is 5.41 Å². The molecule has 6 nitrogen and oxygen atoms in total. The van der Waals surface area contributed by atoms with Gasteiger partial charge in [0.25, 0.3) is 0 Å². The van der Waals surface area contributed by atoms with Crippen LogP contribution < -0.4 is 9.47 Å². The van der Waals surface area contributed by atoms with Crippen LogP contribution in [0.3, 0.4) is 0 Å². The predicted molar refractivity (Wildman–Crippen MR) is 77.9 cm³/mol. The molecule has 120 valence electrons. The van der Waals surface area contributed by atoms with Crippen molar-refractivity contribution < 1.29 is 28.5 Å². The van der Waals surface area contributed by atoms with E-state index >= 15 is 0 Å². The van der Waals surface area contributed by atoms with Crippen molar-refractivity contribution in [1.82, 2.24) is 0 Å². The molecule has 0 fully saturated rings. The molecule has 0 radical (unpaired) electrons. The maximum absolute atomic E-state index is 12.4. The summed E-state index contributed by atoms with van der Waals surface area (Å²) in [4.78, 5) is 24.9. The van der Waals surface area contributed by atoms with Crippen LogP contribution in [0.25, 0.3) is 0 Å². The maximum Gasteiger partial charge on any atom is 0.327 e. The smallest absolute Gasteiger partial charge is 0.327 e. The Kier molecular flexibility index (Phi) is 4.04. The van der Waals surface area contributed by atoms with Gasteiger partial charge in [-0.1, -0.05) is 0 Å². The van der Waals surface area contributed by atoms with Crippen molar-refractivity contribution in [2.24, 2.45) is 5.41 Å². The highest BCUT2D eigenvalue weighted by Gasteiger charge is 2.63. The summed E-state index contributed by atoms with van der Waals surface area (Å²) in [5, 5.41) is 0. The molecule has 0 N–H and O–H groups in total. The number of hydrogen-bond acceptors (Lipinski definition) is 6. The van der Waals surface area contributed by atoms with Crippen LogP contribution >= 0.6 is 0 Å². The van der Waals surface area contributed by atoms with Crippen molar-refractivity contribution in [3.8, 4) is 11.5 Å². The van der Waals surface area contributed by atoms with Gasteiger partial charge in [0.05, 0.1) is 21.3 Å². The number of fused-ring (bicyclic) bond motifs is 1. The molecule has 0 bridgehead atoms. The first-order valence-electron chi connectivity index (χ1n) is 6.85. The number of hydrogen-bond donors (Lipinski definition) is 0. The summed E-state index contributed by atoms with van der Waals surface area (Å²) in [6.07, 6.45) is 0.117. The fraction of sp³-hybridized carbons (Fsp3) is 0.500. The molecule has 1 aromatic carbocycles. The van der Waals surface area contributed by atoms with E-state index in [0.717, 1.165) is 0 Å². The van der Waals surface area contributed by atoms with E-state index < -0.39 is 23.0 Å². The van der Waals surface area contributed by atoms with Crippen LogP contribution in [0.2, 0.25) is 0 Å². The van der Waals surface area contributed by atoms with Crippen molar-refractivity contribution >= 4 is 11.9 Å². The zero-order valence-electron chi connectivity index (χ0n) is 13.4. The summed E-state index contributed by atoms with van der Waals surface area (Å²) in [5.74, 6) is -0.143. The standard InChI is InChI=1S/C16H20O6/c1-15(2)16(13(17)20-4,14(18)21-5)9-10-8-11(19-3)6-7-12(10)22-15/h6-8H,9H2,1-5H3. The normalized spacial score (nSPS) is 17.7. The van der Waals surface area contributed by atoms with E-state index in [4.69, 9.17) is 18.9 Å². The SMILES string of the molecule is COC(=O)C1(C(=O)OC)Cc2cc(OC)ccc2OC1(C)C. The molecular weight excluding hydrogens is 288 g/mol. The Labute approximate surface area is 129 Å². The topological polar surface area (TPSA) is 71.1 Å². The van der Waals surface area contributed by atoms with Gasteiger partial charge in [0.1, 0.15) is 17.1 Å². The molecule has 0 saturated carbocycles. The molecule has 0 spiro atoms. The summed E-state index contributed by atoms with van der Waals surface area (Å²) >= 11 is 0. The van der Waals surface area contributed by atoms with Gasteiger partial charge < -0.3 is 18.9 Å². The summed E-state index contributed by atoms with van der Waals surface area (Å²) in [7, 11) is 4.03. The molecule has 0 aromatic heterocycles. The van der Waals surface area contributed by atoms with Gasteiger partial charge >= 0.3 is 11.9 Å². The Bertz CT molecular complexity index is 589. The lowest BCUT2D eigenvalue weighted by atomic mass is 9.67. The fourth-order valence-corrected chi connectivity index (χ4v) is 2.85. The molecule has 0 aliphatic carbocycles. The second-order valence-electron chi connectivity index (χ2n) is 5.65. The summed E-state index contributed by atoms with van der Waals surface area (Å²) in [6.45, 7) is 3.35. The Morgan fingerprint density at radius 1 is 1.09 bits per heavy atom. The minimum Gasteiger partial charge on any atom is -0.497 e. The minimum atomic E-state index is -1.57. The minimum absolute atomic E-state index is 0.117. The Balaban J connectivity index is 2.62. The molecule has 1 aliphatic heterocycles. The van der Waals surface area contributed by atoms with Crippen LogP contribution in [0.1, 0.15) is 19.4 Å². The zero-order chi connectivity index (χ0) is 16.5. The molecule has 0 amide bonds. The number of ether oxygens (including phenoxy) is 4. The molecule has 1 heterocycles. The summed E-state index contributed by atoms with van der Waals surface area (Å²) < 4.78 is 20.9. The number of esters is 2. The lowest BCUT2D eigenvalue weighted by molar-refractivity contribution is -0.186. The van der Waals surface area contributed by atoms with E-state index in [0.29, 0.717) is 17.1 Å². The van der Waals surface area contributed by atoms with Crippen molar-refractivity contribution in [3.63, 3.8) is 0 Å². The Morgan fingerprint density at radius 2 is 1.68 bits per heavy atom. The third kappa shape index (κ3) is 2.19. The number of benzene rings is 1. The van der Waals surface area contributed by atoms with Crippen LogP contribution in [0.4, 0.5) is 0 Å². The van der Waals surface area contributed by atoms with Gasteiger partial charge in [-0.05, 0) is 37.6 Å². The summed E-state index contributed by atoms with van der Waals surface area (Å²) in [5.41, 5.74) is -2.00. The third-order valence-corrected chi connectivity index (χ3v) is 4.18. The van der Waals surface area contributed by atoms with Gasteiger partial charge in [-0.25, -0.2) is 0 Å². The van der Waals surface area contributed by atoms with Crippen LogP contribution in [0.15, 0.2) is 18.2 Å². The van der Waals surface area contributed by atoms with Crippen LogP contribution in [0.5, 0.6) is 11.5 Å². The van der Waals surface area contributed by atoms with Gasteiger partial charge in [-0.2, -0.15) is 0 Å². The van der Waals surface area contributed by atoms with E-state index in [-0.39, 0.29) is 6.42 Å². The van der Waals surface area contributed by atoms with Crippen LogP contribution in [-0.2, 0) is 25.5 Å². The monoisotopic (exact) mass is 308 g/mol. The Morgan fingerprint density at radius 3 is 2.18 bits per heavy atom.